The second-order valence-corrected chi connectivity index (χ2v) is 6.79. The average Bonchev–Trinajstić information content (AvgIpc) is 2.66. The molecule has 2 saturated heterocycles. The first-order valence-corrected chi connectivity index (χ1v) is 8.37. The maximum atomic E-state index is 11.0. The summed E-state index contributed by atoms with van der Waals surface area (Å²) < 4.78 is 32.3. The van der Waals surface area contributed by atoms with Crippen molar-refractivity contribution >= 4 is 16.1 Å². The molecule has 2 aliphatic rings. The van der Waals surface area contributed by atoms with Gasteiger partial charge < -0.3 is 9.64 Å². The third-order valence-corrected chi connectivity index (χ3v) is 4.14. The highest BCUT2D eigenvalue weighted by molar-refractivity contribution is 7.85. The van der Waals surface area contributed by atoms with E-state index in [9.17, 15) is 8.42 Å². The normalized spacial score (nSPS) is 25.9. The van der Waals surface area contributed by atoms with Crippen molar-refractivity contribution in [3.05, 3.63) is 18.0 Å². The van der Waals surface area contributed by atoms with Crippen LogP contribution in [0.25, 0.3) is 0 Å². The average molecular weight is 299 g/mol. The van der Waals surface area contributed by atoms with Crippen molar-refractivity contribution in [2.24, 2.45) is 0 Å². The fourth-order valence-electron chi connectivity index (χ4n) is 2.71. The number of morpholine rings is 1. The van der Waals surface area contributed by atoms with Crippen LogP contribution in [-0.4, -0.2) is 49.9 Å². The molecule has 2 atom stereocenters. The van der Waals surface area contributed by atoms with Crippen molar-refractivity contribution in [1.82, 2.24) is 9.97 Å². The Kier molecular flexibility index (Phi) is 3.61. The van der Waals surface area contributed by atoms with E-state index in [2.05, 4.69) is 14.9 Å². The molecule has 2 aliphatic heterocycles. The second kappa shape index (κ2) is 5.27. The predicted octanol–water partition coefficient (Wildman–Crippen LogP) is 0.320. The van der Waals surface area contributed by atoms with Crippen molar-refractivity contribution in [3.8, 4) is 0 Å². The second-order valence-electron chi connectivity index (χ2n) is 5.14. The SMILES string of the molecule is CS(=O)(=O)OCc1ccnc(N2[C@@H]3CC[C@H]2COC3)n1. The Balaban J connectivity index is 1.77. The van der Waals surface area contributed by atoms with E-state index >= 15 is 0 Å². The van der Waals surface area contributed by atoms with E-state index < -0.39 is 10.1 Å². The van der Waals surface area contributed by atoms with Crippen LogP contribution in [0, 0.1) is 0 Å². The number of anilines is 1. The maximum absolute atomic E-state index is 11.0. The lowest BCUT2D eigenvalue weighted by Crippen LogP contribution is -2.46. The predicted molar refractivity (Wildman–Crippen MR) is 71.8 cm³/mol. The molecule has 8 heteroatoms. The minimum absolute atomic E-state index is 0.0615. The Labute approximate surface area is 118 Å². The summed E-state index contributed by atoms with van der Waals surface area (Å²) in [7, 11) is -3.46. The van der Waals surface area contributed by atoms with Crippen LogP contribution in [0.4, 0.5) is 5.95 Å². The van der Waals surface area contributed by atoms with E-state index in [1.807, 2.05) is 0 Å². The molecule has 0 spiro atoms. The van der Waals surface area contributed by atoms with Crippen LogP contribution in [-0.2, 0) is 25.6 Å². The lowest BCUT2D eigenvalue weighted by atomic mass is 10.2. The first-order valence-electron chi connectivity index (χ1n) is 6.55. The van der Waals surface area contributed by atoms with Crippen LogP contribution in [0.2, 0.25) is 0 Å². The number of nitrogens with zero attached hydrogens (tertiary/aromatic N) is 3. The van der Waals surface area contributed by atoms with E-state index in [1.54, 1.807) is 12.3 Å². The first kappa shape index (κ1) is 13.7. The summed E-state index contributed by atoms with van der Waals surface area (Å²) in [6.45, 7) is 1.34. The van der Waals surface area contributed by atoms with Crippen LogP contribution >= 0.6 is 0 Å². The summed E-state index contributed by atoms with van der Waals surface area (Å²) in [5.41, 5.74) is 0.561. The van der Waals surface area contributed by atoms with Gasteiger partial charge in [0.05, 0.1) is 37.2 Å². The first-order chi connectivity index (χ1) is 9.53. The Morgan fingerprint density at radius 2 is 2.10 bits per heavy atom. The minimum Gasteiger partial charge on any atom is -0.377 e. The lowest BCUT2D eigenvalue weighted by Gasteiger charge is -2.34. The van der Waals surface area contributed by atoms with Gasteiger partial charge >= 0.3 is 0 Å². The minimum atomic E-state index is -3.46. The zero-order valence-corrected chi connectivity index (χ0v) is 12.0. The van der Waals surface area contributed by atoms with E-state index in [1.165, 1.54) is 0 Å². The molecule has 0 saturated carbocycles. The number of hydrogen-bond donors (Lipinski definition) is 0. The van der Waals surface area contributed by atoms with E-state index in [4.69, 9.17) is 8.92 Å². The molecule has 0 N–H and O–H groups in total. The topological polar surface area (TPSA) is 81.6 Å². The van der Waals surface area contributed by atoms with Crippen molar-refractivity contribution < 1.29 is 17.3 Å². The molecule has 0 radical (unpaired) electrons. The molecule has 3 heterocycles. The Hall–Kier alpha value is -1.25. The highest BCUT2D eigenvalue weighted by Gasteiger charge is 2.38. The Bertz CT molecular complexity index is 576. The van der Waals surface area contributed by atoms with Crippen molar-refractivity contribution in [2.75, 3.05) is 24.4 Å². The smallest absolute Gasteiger partial charge is 0.264 e. The standard InChI is InChI=1S/C12H17N3O4S/c1-20(16,17)19-6-9-4-5-13-12(14-9)15-10-2-3-11(15)8-18-7-10/h4-5,10-11H,2-3,6-8H2,1H3/t10-,11+. The number of fused-ring (bicyclic) bond motifs is 2. The molecule has 3 rings (SSSR count). The molecule has 0 aliphatic carbocycles. The molecule has 1 aromatic heterocycles. The fraction of sp³-hybridized carbons (Fsp3) is 0.667. The Morgan fingerprint density at radius 1 is 1.40 bits per heavy atom. The molecule has 0 unspecified atom stereocenters. The summed E-state index contributed by atoms with van der Waals surface area (Å²) in [5.74, 6) is 0.635. The maximum Gasteiger partial charge on any atom is 0.264 e. The largest absolute Gasteiger partial charge is 0.377 e. The van der Waals surface area contributed by atoms with Gasteiger partial charge in [-0.15, -0.1) is 0 Å². The van der Waals surface area contributed by atoms with Gasteiger partial charge in [-0.1, -0.05) is 0 Å². The summed E-state index contributed by atoms with van der Waals surface area (Å²) >= 11 is 0. The van der Waals surface area contributed by atoms with E-state index in [0.717, 1.165) is 19.1 Å². The molecular formula is C12H17N3O4S. The summed E-state index contributed by atoms with van der Waals surface area (Å²) in [6.07, 6.45) is 4.83. The summed E-state index contributed by atoms with van der Waals surface area (Å²) in [4.78, 5) is 10.9. The molecule has 110 valence electrons. The third-order valence-electron chi connectivity index (χ3n) is 3.59. The molecule has 2 bridgehead atoms. The summed E-state index contributed by atoms with van der Waals surface area (Å²) in [5, 5.41) is 0. The lowest BCUT2D eigenvalue weighted by molar-refractivity contribution is 0.0897. The molecule has 1 aromatic rings. The van der Waals surface area contributed by atoms with Gasteiger partial charge in [0.1, 0.15) is 6.61 Å². The van der Waals surface area contributed by atoms with Crippen LogP contribution < -0.4 is 4.90 Å². The number of ether oxygens (including phenoxy) is 1. The zero-order valence-electron chi connectivity index (χ0n) is 11.2. The molecule has 0 aromatic carbocycles. The highest BCUT2D eigenvalue weighted by Crippen LogP contribution is 2.31. The van der Waals surface area contributed by atoms with Gasteiger partial charge in [-0.05, 0) is 18.9 Å². The molecule has 7 nitrogen and oxygen atoms in total. The quantitative estimate of drug-likeness (QED) is 0.740. The van der Waals surface area contributed by atoms with Gasteiger partial charge in [-0.3, -0.25) is 4.18 Å². The van der Waals surface area contributed by atoms with Crippen LogP contribution in [0.5, 0.6) is 0 Å². The number of rotatable bonds is 4. The summed E-state index contributed by atoms with van der Waals surface area (Å²) in [6, 6.07) is 2.30. The van der Waals surface area contributed by atoms with Crippen LogP contribution in [0.3, 0.4) is 0 Å². The van der Waals surface area contributed by atoms with Gasteiger partial charge in [-0.2, -0.15) is 8.42 Å². The fourth-order valence-corrected chi connectivity index (χ4v) is 3.05. The number of aromatic nitrogens is 2. The number of hydrogen-bond acceptors (Lipinski definition) is 7. The van der Waals surface area contributed by atoms with Gasteiger partial charge in [0.2, 0.25) is 5.95 Å². The van der Waals surface area contributed by atoms with Gasteiger partial charge in [0.15, 0.2) is 0 Å². The monoisotopic (exact) mass is 299 g/mol. The van der Waals surface area contributed by atoms with E-state index in [0.29, 0.717) is 36.9 Å². The Morgan fingerprint density at radius 3 is 2.75 bits per heavy atom. The molecule has 20 heavy (non-hydrogen) atoms. The highest BCUT2D eigenvalue weighted by atomic mass is 32.2. The van der Waals surface area contributed by atoms with Crippen LogP contribution in [0.15, 0.2) is 12.3 Å². The van der Waals surface area contributed by atoms with Gasteiger partial charge in [-0.25, -0.2) is 9.97 Å². The van der Waals surface area contributed by atoms with Gasteiger partial charge in [0.25, 0.3) is 10.1 Å². The van der Waals surface area contributed by atoms with Crippen molar-refractivity contribution in [2.45, 2.75) is 31.5 Å². The van der Waals surface area contributed by atoms with Crippen LogP contribution in [0.1, 0.15) is 18.5 Å². The molecule has 0 amide bonds. The third kappa shape index (κ3) is 2.92. The van der Waals surface area contributed by atoms with E-state index in [-0.39, 0.29) is 6.61 Å². The zero-order chi connectivity index (χ0) is 14.2. The van der Waals surface area contributed by atoms with Crippen molar-refractivity contribution in [1.29, 1.82) is 0 Å². The molecule has 2 fully saturated rings. The molecular weight excluding hydrogens is 282 g/mol. The van der Waals surface area contributed by atoms with Crippen molar-refractivity contribution in [3.63, 3.8) is 0 Å². The van der Waals surface area contributed by atoms with Gasteiger partial charge in [0, 0.05) is 6.20 Å².